The first kappa shape index (κ1) is 8.68. The molecule has 2 aliphatic heterocycles. The summed E-state index contributed by atoms with van der Waals surface area (Å²) in [5, 5.41) is 0. The third kappa shape index (κ3) is 1.58. The Balaban J connectivity index is 2.00. The maximum Gasteiger partial charge on any atom is 0.509 e. The zero-order chi connectivity index (χ0) is 9.42. The zero-order valence-electron chi connectivity index (χ0n) is 6.89. The lowest BCUT2D eigenvalue weighted by Crippen LogP contribution is -2.29. The lowest BCUT2D eigenvalue weighted by molar-refractivity contribution is -0.145. The first-order valence-corrected chi connectivity index (χ1v) is 4.88. The molecule has 0 aromatic carbocycles. The van der Waals surface area contributed by atoms with Crippen LogP contribution in [0.15, 0.2) is 0 Å². The molecule has 0 spiro atoms. The largest absolute Gasteiger partial charge is 0.509 e. The molecule has 3 unspecified atom stereocenters. The van der Waals surface area contributed by atoms with Gasteiger partial charge in [-0.05, 0) is 0 Å². The van der Waals surface area contributed by atoms with E-state index in [1.54, 1.807) is 0 Å². The summed E-state index contributed by atoms with van der Waals surface area (Å²) < 4.78 is 14.6. The van der Waals surface area contributed by atoms with Crippen LogP contribution in [0.2, 0.25) is 0 Å². The lowest BCUT2D eigenvalue weighted by Gasteiger charge is -2.13. The number of esters is 1. The summed E-state index contributed by atoms with van der Waals surface area (Å²) >= 11 is 1.42. The van der Waals surface area contributed by atoms with Gasteiger partial charge in [0.05, 0.1) is 0 Å². The molecule has 6 heteroatoms. The van der Waals surface area contributed by atoms with Crippen LogP contribution < -0.4 is 0 Å². The van der Waals surface area contributed by atoms with E-state index in [-0.39, 0.29) is 12.1 Å². The predicted octanol–water partition coefficient (Wildman–Crippen LogP) is 0.526. The van der Waals surface area contributed by atoms with Gasteiger partial charge >= 0.3 is 12.1 Å². The maximum absolute atomic E-state index is 10.7. The Hall–Kier alpha value is -0.910. The van der Waals surface area contributed by atoms with Crippen LogP contribution in [0.1, 0.15) is 6.92 Å². The van der Waals surface area contributed by atoms with Crippen molar-refractivity contribution in [2.45, 2.75) is 24.6 Å². The summed E-state index contributed by atoms with van der Waals surface area (Å²) in [5.74, 6) is 0.245. The average molecular weight is 204 g/mol. The second kappa shape index (κ2) is 3.10. The van der Waals surface area contributed by atoms with Gasteiger partial charge in [0.25, 0.3) is 0 Å². The van der Waals surface area contributed by atoms with Gasteiger partial charge in [0.2, 0.25) is 0 Å². The number of fused-ring (bicyclic) bond motifs is 1. The molecule has 2 saturated heterocycles. The van der Waals surface area contributed by atoms with E-state index < -0.39 is 17.7 Å². The quantitative estimate of drug-likeness (QED) is 0.580. The van der Waals surface area contributed by atoms with Crippen molar-refractivity contribution < 1.29 is 23.8 Å². The van der Waals surface area contributed by atoms with E-state index in [1.165, 1.54) is 18.7 Å². The van der Waals surface area contributed by atoms with E-state index in [1.807, 2.05) is 0 Å². The van der Waals surface area contributed by atoms with E-state index >= 15 is 0 Å². The van der Waals surface area contributed by atoms with Crippen molar-refractivity contribution in [2.24, 2.45) is 0 Å². The van der Waals surface area contributed by atoms with Gasteiger partial charge in [-0.25, -0.2) is 4.79 Å². The van der Waals surface area contributed by atoms with Crippen molar-refractivity contribution in [1.82, 2.24) is 0 Å². The molecule has 2 rings (SSSR count). The molecule has 2 fully saturated rings. The van der Waals surface area contributed by atoms with Gasteiger partial charge in [0, 0.05) is 12.7 Å². The average Bonchev–Trinajstić information content (AvgIpc) is 2.51. The first-order chi connectivity index (χ1) is 6.16. The Morgan fingerprint density at radius 3 is 3.08 bits per heavy atom. The van der Waals surface area contributed by atoms with E-state index in [4.69, 9.17) is 14.2 Å². The van der Waals surface area contributed by atoms with Crippen LogP contribution in [-0.4, -0.2) is 35.5 Å². The molecule has 2 aliphatic rings. The third-order valence-electron chi connectivity index (χ3n) is 1.82. The predicted molar refractivity (Wildman–Crippen MR) is 43.2 cm³/mol. The Morgan fingerprint density at radius 1 is 1.62 bits per heavy atom. The minimum atomic E-state index is -0.674. The summed E-state index contributed by atoms with van der Waals surface area (Å²) in [7, 11) is 0. The summed E-state index contributed by atoms with van der Waals surface area (Å²) in [4.78, 5) is 21.3. The molecule has 2 heterocycles. The molecule has 13 heavy (non-hydrogen) atoms. The smallest absolute Gasteiger partial charge is 0.447 e. The summed E-state index contributed by atoms with van der Waals surface area (Å²) in [6.45, 7) is 1.32. The normalized spacial score (nSPS) is 36.4. The van der Waals surface area contributed by atoms with E-state index in [0.29, 0.717) is 5.75 Å². The van der Waals surface area contributed by atoms with Gasteiger partial charge in [0.15, 0.2) is 17.6 Å². The number of ether oxygens (including phenoxy) is 3. The second-order valence-corrected chi connectivity index (χ2v) is 3.93. The van der Waals surface area contributed by atoms with Gasteiger partial charge in [0.1, 0.15) is 0 Å². The minimum absolute atomic E-state index is 0.262. The molecule has 0 aromatic heterocycles. The fourth-order valence-corrected chi connectivity index (χ4v) is 2.58. The monoisotopic (exact) mass is 204 g/mol. The molecule has 0 saturated carbocycles. The molecule has 0 aliphatic carbocycles. The minimum Gasteiger partial charge on any atom is -0.447 e. The molecule has 0 aromatic rings. The Kier molecular flexibility index (Phi) is 2.07. The molecule has 0 radical (unpaired) electrons. The SMILES string of the molecule is CC(=O)OC1SCC2OC(=O)OC21. The number of hydrogen-bond donors (Lipinski definition) is 0. The highest BCUT2D eigenvalue weighted by Crippen LogP contribution is 2.36. The number of thioether (sulfide) groups is 1. The van der Waals surface area contributed by atoms with Crippen molar-refractivity contribution >= 4 is 23.9 Å². The molecule has 0 bridgehead atoms. The molecule has 0 amide bonds. The lowest BCUT2D eigenvalue weighted by atomic mass is 10.2. The van der Waals surface area contributed by atoms with E-state index in [0.717, 1.165) is 0 Å². The molecule has 5 nitrogen and oxygen atoms in total. The number of rotatable bonds is 1. The van der Waals surface area contributed by atoms with Gasteiger partial charge in [-0.2, -0.15) is 0 Å². The van der Waals surface area contributed by atoms with Crippen molar-refractivity contribution in [2.75, 3.05) is 5.75 Å². The highest BCUT2D eigenvalue weighted by atomic mass is 32.2. The Morgan fingerprint density at radius 2 is 2.38 bits per heavy atom. The summed E-state index contributed by atoms with van der Waals surface area (Å²) in [6, 6.07) is 0. The molecule has 3 atom stereocenters. The standard InChI is InChI=1S/C7H8O5S/c1-3(8)10-6-5-4(2-13-6)11-7(9)12-5/h4-6H,2H2,1H3. The molecular weight excluding hydrogens is 196 g/mol. The highest BCUT2D eigenvalue weighted by molar-refractivity contribution is 8.00. The van der Waals surface area contributed by atoms with Crippen LogP contribution in [-0.2, 0) is 19.0 Å². The van der Waals surface area contributed by atoms with Gasteiger partial charge in [-0.3, -0.25) is 4.79 Å². The van der Waals surface area contributed by atoms with Gasteiger partial charge < -0.3 is 14.2 Å². The first-order valence-electron chi connectivity index (χ1n) is 3.83. The maximum atomic E-state index is 10.7. The zero-order valence-corrected chi connectivity index (χ0v) is 7.71. The van der Waals surface area contributed by atoms with Gasteiger partial charge in [-0.1, -0.05) is 0 Å². The number of carbonyl (C=O) groups excluding carboxylic acids is 2. The number of hydrogen-bond acceptors (Lipinski definition) is 6. The second-order valence-electron chi connectivity index (χ2n) is 2.80. The molecular formula is C7H8O5S. The van der Waals surface area contributed by atoms with Crippen LogP contribution in [0.25, 0.3) is 0 Å². The Bertz CT molecular complexity index is 253. The topological polar surface area (TPSA) is 61.8 Å². The van der Waals surface area contributed by atoms with Crippen LogP contribution in [0.4, 0.5) is 4.79 Å². The van der Waals surface area contributed by atoms with E-state index in [9.17, 15) is 9.59 Å². The van der Waals surface area contributed by atoms with Crippen LogP contribution in [0, 0.1) is 0 Å². The number of carbonyl (C=O) groups is 2. The van der Waals surface area contributed by atoms with Crippen molar-refractivity contribution in [3.63, 3.8) is 0 Å². The molecule has 72 valence electrons. The fourth-order valence-electron chi connectivity index (χ4n) is 1.31. The highest BCUT2D eigenvalue weighted by Gasteiger charge is 2.49. The molecule has 0 N–H and O–H groups in total. The van der Waals surface area contributed by atoms with Crippen LogP contribution >= 0.6 is 11.8 Å². The van der Waals surface area contributed by atoms with Crippen LogP contribution in [0.5, 0.6) is 0 Å². The fraction of sp³-hybridized carbons (Fsp3) is 0.714. The van der Waals surface area contributed by atoms with Crippen molar-refractivity contribution in [1.29, 1.82) is 0 Å². The van der Waals surface area contributed by atoms with Crippen molar-refractivity contribution in [3.8, 4) is 0 Å². The third-order valence-corrected chi connectivity index (χ3v) is 3.04. The summed E-state index contributed by atoms with van der Waals surface area (Å²) in [6.07, 6.45) is -1.37. The van der Waals surface area contributed by atoms with Gasteiger partial charge in [-0.15, -0.1) is 11.8 Å². The summed E-state index contributed by atoms with van der Waals surface area (Å²) in [5.41, 5.74) is -0.408. The van der Waals surface area contributed by atoms with Crippen molar-refractivity contribution in [3.05, 3.63) is 0 Å². The van der Waals surface area contributed by atoms with Crippen LogP contribution in [0.3, 0.4) is 0 Å². The Labute approximate surface area is 78.7 Å². The van der Waals surface area contributed by atoms with E-state index in [2.05, 4.69) is 0 Å².